The molecular weight excluding hydrogens is 345 g/mol. The molecule has 25 heavy (non-hydrogen) atoms. The van der Waals surface area contributed by atoms with Gasteiger partial charge in [-0.25, -0.2) is 4.79 Å². The van der Waals surface area contributed by atoms with Crippen LogP contribution in [0.15, 0.2) is 24.3 Å². The van der Waals surface area contributed by atoms with Crippen molar-refractivity contribution in [2.24, 2.45) is 5.92 Å². The first kappa shape index (κ1) is 21.4. The number of rotatable bonds is 9. The largest absolute Gasteiger partial charge is 0.467 e. The fourth-order valence-corrected chi connectivity index (χ4v) is 3.27. The zero-order valence-corrected chi connectivity index (χ0v) is 16.2. The van der Waals surface area contributed by atoms with E-state index in [1.807, 2.05) is 13.8 Å². The summed E-state index contributed by atoms with van der Waals surface area (Å²) < 4.78 is 26.7. The summed E-state index contributed by atoms with van der Waals surface area (Å²) in [4.78, 5) is 24.2. The van der Waals surface area contributed by atoms with Crippen LogP contribution in [0.1, 0.15) is 36.2 Å². The van der Waals surface area contributed by atoms with Crippen LogP contribution in [0.25, 0.3) is 0 Å². The van der Waals surface area contributed by atoms with E-state index in [-0.39, 0.29) is 18.0 Å². The Morgan fingerprint density at radius 3 is 2.12 bits per heavy atom. The van der Waals surface area contributed by atoms with E-state index in [0.717, 1.165) is 12.0 Å². The third-order valence-electron chi connectivity index (χ3n) is 4.10. The Kier molecular flexibility index (Phi) is 8.29. The topological polar surface area (TPSA) is 90.9 Å². The van der Waals surface area contributed by atoms with Gasteiger partial charge in [-0.15, -0.1) is 0 Å². The van der Waals surface area contributed by atoms with Crippen LogP contribution in [0.2, 0.25) is 0 Å². The van der Waals surface area contributed by atoms with Gasteiger partial charge in [0.15, 0.2) is 0 Å². The fraction of sp³-hybridized carbons (Fsp3) is 0.529. The third kappa shape index (κ3) is 5.96. The zero-order chi connectivity index (χ0) is 19.0. The van der Waals surface area contributed by atoms with Gasteiger partial charge in [0.2, 0.25) is 0 Å². The molecule has 0 aromatic heterocycles. The van der Waals surface area contributed by atoms with Crippen LogP contribution in [0.5, 0.6) is 0 Å². The predicted octanol–water partition coefficient (Wildman–Crippen LogP) is 2.99. The van der Waals surface area contributed by atoms with Gasteiger partial charge in [0.25, 0.3) is 5.91 Å². The number of ether oxygens (including phenoxy) is 1. The maximum atomic E-state index is 12.4. The summed E-state index contributed by atoms with van der Waals surface area (Å²) in [7, 11) is 0.788. The average Bonchev–Trinajstić information content (AvgIpc) is 2.65. The maximum absolute atomic E-state index is 12.4. The van der Waals surface area contributed by atoms with E-state index in [4.69, 9.17) is 13.8 Å². The first-order valence-electron chi connectivity index (χ1n) is 7.98. The van der Waals surface area contributed by atoms with E-state index in [1.165, 1.54) is 21.3 Å². The number of carbonyl (C=O) groups is 2. The molecule has 0 aliphatic heterocycles. The summed E-state index contributed by atoms with van der Waals surface area (Å²) in [6.45, 7) is 3.81. The molecule has 0 aliphatic carbocycles. The predicted molar refractivity (Wildman–Crippen MR) is 94.5 cm³/mol. The number of hydrogen-bond acceptors (Lipinski definition) is 6. The standard InChI is InChI=1S/C17H26NO6P/c1-6-12(2)15(17(20)22-3)18-16(19)14-9-7-13(8-10-14)11-25(21,23-4)24-5/h7-10,12,15H,6,11H2,1-5H3,(H,18,19)/t12-,15+/m1/s1. The normalized spacial score (nSPS) is 13.8. The number of amides is 1. The van der Waals surface area contributed by atoms with Gasteiger partial charge in [-0.05, 0) is 23.6 Å². The van der Waals surface area contributed by atoms with E-state index in [0.29, 0.717) is 5.56 Å². The van der Waals surface area contributed by atoms with Crippen LogP contribution >= 0.6 is 7.60 Å². The quantitative estimate of drug-likeness (QED) is 0.530. The van der Waals surface area contributed by atoms with Crippen molar-refractivity contribution in [2.45, 2.75) is 32.5 Å². The molecule has 1 amide bonds. The summed E-state index contributed by atoms with van der Waals surface area (Å²) in [5.41, 5.74) is 1.11. The highest BCUT2D eigenvalue weighted by Gasteiger charge is 2.27. The number of nitrogens with one attached hydrogen (secondary N) is 1. The third-order valence-corrected chi connectivity index (χ3v) is 5.97. The Bertz CT molecular complexity index is 623. The molecule has 140 valence electrons. The molecule has 8 heteroatoms. The highest BCUT2D eigenvalue weighted by Crippen LogP contribution is 2.49. The number of hydrogen-bond donors (Lipinski definition) is 1. The Morgan fingerprint density at radius 2 is 1.68 bits per heavy atom. The number of methoxy groups -OCH3 is 1. The lowest BCUT2D eigenvalue weighted by Gasteiger charge is -2.22. The molecule has 0 fully saturated rings. The van der Waals surface area contributed by atoms with E-state index in [9.17, 15) is 14.2 Å². The highest BCUT2D eigenvalue weighted by atomic mass is 31.2. The minimum atomic E-state index is -3.16. The van der Waals surface area contributed by atoms with Gasteiger partial charge in [-0.2, -0.15) is 0 Å². The monoisotopic (exact) mass is 371 g/mol. The molecular formula is C17H26NO6P. The molecule has 0 unspecified atom stereocenters. The van der Waals surface area contributed by atoms with Gasteiger partial charge in [0.05, 0.1) is 13.3 Å². The molecule has 0 heterocycles. The smallest absolute Gasteiger partial charge is 0.334 e. The van der Waals surface area contributed by atoms with Crippen LogP contribution in [0, 0.1) is 5.92 Å². The van der Waals surface area contributed by atoms with Crippen molar-refractivity contribution >= 4 is 19.5 Å². The van der Waals surface area contributed by atoms with Crippen molar-refractivity contribution in [1.82, 2.24) is 5.32 Å². The van der Waals surface area contributed by atoms with Crippen LogP contribution in [-0.4, -0.2) is 39.2 Å². The first-order chi connectivity index (χ1) is 11.8. The summed E-state index contributed by atoms with van der Waals surface area (Å²) in [6, 6.07) is 5.85. The van der Waals surface area contributed by atoms with Crippen molar-refractivity contribution in [2.75, 3.05) is 21.3 Å². The molecule has 0 aliphatic rings. The molecule has 1 aromatic rings. The molecule has 1 N–H and O–H groups in total. The summed E-state index contributed by atoms with van der Waals surface area (Å²) in [5, 5.41) is 2.71. The number of benzene rings is 1. The van der Waals surface area contributed by atoms with Crippen molar-refractivity contribution in [3.63, 3.8) is 0 Å². The van der Waals surface area contributed by atoms with Crippen molar-refractivity contribution in [1.29, 1.82) is 0 Å². The zero-order valence-electron chi connectivity index (χ0n) is 15.3. The van der Waals surface area contributed by atoms with Crippen LogP contribution < -0.4 is 5.32 Å². The molecule has 0 bridgehead atoms. The molecule has 1 aromatic carbocycles. The Balaban J connectivity index is 2.85. The van der Waals surface area contributed by atoms with E-state index in [2.05, 4.69) is 5.32 Å². The minimum Gasteiger partial charge on any atom is -0.467 e. The van der Waals surface area contributed by atoms with Gasteiger partial charge in [0, 0.05) is 19.8 Å². The highest BCUT2D eigenvalue weighted by molar-refractivity contribution is 7.52. The van der Waals surface area contributed by atoms with Crippen molar-refractivity contribution in [3.8, 4) is 0 Å². The summed E-state index contributed by atoms with van der Waals surface area (Å²) in [6.07, 6.45) is 0.835. The maximum Gasteiger partial charge on any atom is 0.334 e. The van der Waals surface area contributed by atoms with E-state index in [1.54, 1.807) is 24.3 Å². The lowest BCUT2D eigenvalue weighted by atomic mass is 9.98. The van der Waals surface area contributed by atoms with Crippen LogP contribution in [0.4, 0.5) is 0 Å². The summed E-state index contributed by atoms with van der Waals surface area (Å²) >= 11 is 0. The second-order valence-corrected chi connectivity index (χ2v) is 7.96. The molecule has 0 spiro atoms. The summed E-state index contributed by atoms with van der Waals surface area (Å²) in [5.74, 6) is -0.894. The number of esters is 1. The molecule has 7 nitrogen and oxygen atoms in total. The van der Waals surface area contributed by atoms with E-state index >= 15 is 0 Å². The van der Waals surface area contributed by atoms with Gasteiger partial charge < -0.3 is 19.1 Å². The lowest BCUT2D eigenvalue weighted by molar-refractivity contribution is -0.144. The minimum absolute atomic E-state index is 0.0510. The first-order valence-corrected chi connectivity index (χ1v) is 9.71. The second kappa shape index (κ2) is 9.70. The molecule has 0 radical (unpaired) electrons. The fourth-order valence-electron chi connectivity index (χ4n) is 2.21. The SMILES string of the molecule is CC[C@@H](C)[C@H](NC(=O)c1ccc(CP(=O)(OC)OC)cc1)C(=O)OC. The Morgan fingerprint density at radius 1 is 1.12 bits per heavy atom. The second-order valence-electron chi connectivity index (χ2n) is 5.69. The molecule has 2 atom stereocenters. The van der Waals surface area contributed by atoms with Crippen molar-refractivity contribution in [3.05, 3.63) is 35.4 Å². The van der Waals surface area contributed by atoms with Gasteiger partial charge in [0.1, 0.15) is 6.04 Å². The van der Waals surface area contributed by atoms with E-state index < -0.39 is 19.6 Å². The van der Waals surface area contributed by atoms with Gasteiger partial charge >= 0.3 is 13.6 Å². The van der Waals surface area contributed by atoms with Gasteiger partial charge in [-0.1, -0.05) is 32.4 Å². The van der Waals surface area contributed by atoms with Crippen LogP contribution in [0.3, 0.4) is 0 Å². The van der Waals surface area contributed by atoms with Crippen molar-refractivity contribution < 1.29 is 27.9 Å². The Labute approximate surface area is 148 Å². The average molecular weight is 371 g/mol. The molecule has 0 saturated carbocycles. The lowest BCUT2D eigenvalue weighted by Crippen LogP contribution is -2.45. The molecule has 0 saturated heterocycles. The molecule has 1 rings (SSSR count). The van der Waals surface area contributed by atoms with Crippen LogP contribution in [-0.2, 0) is 29.3 Å². The number of carbonyl (C=O) groups excluding carboxylic acids is 2. The Hall–Kier alpha value is -1.69. The van der Waals surface area contributed by atoms with Gasteiger partial charge in [-0.3, -0.25) is 9.36 Å².